The van der Waals surface area contributed by atoms with E-state index in [-0.39, 0.29) is 37.9 Å². The van der Waals surface area contributed by atoms with E-state index in [0.29, 0.717) is 25.6 Å². The molecule has 1 aliphatic heterocycles. The van der Waals surface area contributed by atoms with Crippen molar-refractivity contribution in [1.82, 2.24) is 45.8 Å². The first-order chi connectivity index (χ1) is 25.8. The van der Waals surface area contributed by atoms with Crippen LogP contribution in [-0.2, 0) is 31.8 Å². The molecule has 1 saturated heterocycles. The monoisotopic (exact) mass is 755 g/mol. The number of nitrogens with one attached hydrogen (secondary N) is 5. The Kier molecular flexibility index (Phi) is 16.5. The van der Waals surface area contributed by atoms with Crippen molar-refractivity contribution < 1.29 is 23.6 Å². The van der Waals surface area contributed by atoms with E-state index in [4.69, 9.17) is 20.6 Å². The van der Waals surface area contributed by atoms with Crippen LogP contribution in [0.25, 0.3) is 10.9 Å². The molecule has 2 fully saturated rings. The van der Waals surface area contributed by atoms with Gasteiger partial charge in [-0.1, -0.05) is 36.6 Å². The molecule has 3 aromatic rings. The number of hydrogen-bond acceptors (Lipinski definition) is 13. The van der Waals surface area contributed by atoms with Crippen LogP contribution in [0.15, 0.2) is 30.5 Å². The van der Waals surface area contributed by atoms with Crippen molar-refractivity contribution >= 4 is 42.7 Å². The number of fused-ring (bicyclic) bond motifs is 1. The Morgan fingerprint density at radius 1 is 1.00 bits per heavy atom. The lowest BCUT2D eigenvalue weighted by molar-refractivity contribution is -0.132. The molecular weight excluding hydrogens is 699 g/mol. The summed E-state index contributed by atoms with van der Waals surface area (Å²) in [7, 11) is -2.71. The molecule has 0 bridgehead atoms. The Morgan fingerprint density at radius 2 is 1.79 bits per heavy atom. The van der Waals surface area contributed by atoms with Crippen LogP contribution in [0.4, 0.5) is 11.8 Å². The molecule has 2 aliphatic rings. The van der Waals surface area contributed by atoms with Gasteiger partial charge in [0.1, 0.15) is 18.1 Å². The molecule has 1 saturated carbocycles. The van der Waals surface area contributed by atoms with E-state index >= 15 is 0 Å². The zero-order chi connectivity index (χ0) is 37.3. The Labute approximate surface area is 311 Å². The van der Waals surface area contributed by atoms with Gasteiger partial charge in [-0.2, -0.15) is 4.98 Å². The summed E-state index contributed by atoms with van der Waals surface area (Å²) >= 11 is 0. The number of nitrogens with two attached hydrogens (primary N) is 1. The smallest absolute Gasteiger partial charge is 0.367 e. The molecule has 0 radical (unpaired) electrons. The van der Waals surface area contributed by atoms with E-state index in [1.165, 1.54) is 32.1 Å². The summed E-state index contributed by atoms with van der Waals surface area (Å²) in [5.74, 6) is 0.744. The number of aryl methyl sites for hydroxylation is 1. The van der Waals surface area contributed by atoms with Crippen molar-refractivity contribution in [3.8, 4) is 0 Å². The van der Waals surface area contributed by atoms with Gasteiger partial charge in [-0.3, -0.25) is 14.3 Å². The number of anilines is 2. The number of para-hydroxylation sites is 1. The minimum atomic E-state index is -2.71. The second-order valence-corrected chi connectivity index (χ2v) is 14.5. The number of carbonyl (C=O) groups is 2. The third kappa shape index (κ3) is 13.8. The normalized spacial score (nSPS) is 16.4. The first-order valence-electron chi connectivity index (χ1n) is 19.0. The van der Waals surface area contributed by atoms with E-state index < -0.39 is 20.2 Å². The van der Waals surface area contributed by atoms with Crippen molar-refractivity contribution in [3.05, 3.63) is 36.2 Å². The molecule has 0 spiro atoms. The van der Waals surface area contributed by atoms with Crippen LogP contribution in [0.2, 0.25) is 0 Å². The van der Waals surface area contributed by atoms with Crippen molar-refractivity contribution in [2.75, 3.05) is 56.5 Å². The van der Waals surface area contributed by atoms with Crippen molar-refractivity contribution in [2.24, 2.45) is 5.73 Å². The summed E-state index contributed by atoms with van der Waals surface area (Å²) in [5, 5.41) is 26.2. The maximum Gasteiger partial charge on any atom is 0.694 e. The van der Waals surface area contributed by atoms with Crippen LogP contribution in [0.1, 0.15) is 76.3 Å². The molecule has 1 unspecified atom stereocenters. The molecule has 290 valence electrons. The fraction of sp³-hybridized carbons (Fsp3) is 0.657. The molecule has 2 amide bonds. The number of nitrogens with zero attached hydrogens (tertiary/aromatic N) is 6. The largest absolute Gasteiger partial charge is 0.694 e. The van der Waals surface area contributed by atoms with Gasteiger partial charge in [0.2, 0.25) is 17.8 Å². The zero-order valence-corrected chi connectivity index (χ0v) is 31.4. The van der Waals surface area contributed by atoms with Gasteiger partial charge in [-0.15, -0.1) is 14.5 Å². The van der Waals surface area contributed by atoms with E-state index in [0.717, 1.165) is 80.3 Å². The molecule has 1 aromatic carbocycles. The first-order valence-corrected chi connectivity index (χ1v) is 20.2. The number of aromatic nitrogens is 5. The maximum atomic E-state index is 12.9. The van der Waals surface area contributed by atoms with Gasteiger partial charge in [0.25, 0.3) is 0 Å². The van der Waals surface area contributed by atoms with Crippen molar-refractivity contribution in [2.45, 2.75) is 102 Å². The number of likely N-dealkylation sites (tertiary alicyclic amines) is 1. The van der Waals surface area contributed by atoms with Gasteiger partial charge < -0.3 is 37.2 Å². The van der Waals surface area contributed by atoms with Gasteiger partial charge in [0, 0.05) is 54.6 Å². The highest BCUT2D eigenvalue weighted by Gasteiger charge is 2.25. The Bertz CT molecular complexity index is 1600. The molecular formula is C35H56N12O5P+. The topological polar surface area (TPSA) is 227 Å². The summed E-state index contributed by atoms with van der Waals surface area (Å²) in [5.41, 5.74) is 7.57. The van der Waals surface area contributed by atoms with Crippen LogP contribution in [0.5, 0.6) is 0 Å². The highest BCUT2D eigenvalue weighted by Crippen LogP contribution is 2.25. The summed E-state index contributed by atoms with van der Waals surface area (Å²) in [4.78, 5) is 45.0. The number of piperidine rings is 1. The zero-order valence-electron chi connectivity index (χ0n) is 30.5. The predicted octanol–water partition coefficient (Wildman–Crippen LogP) is 2.42. The van der Waals surface area contributed by atoms with Gasteiger partial charge in [-0.25, -0.2) is 4.98 Å². The van der Waals surface area contributed by atoms with Crippen LogP contribution >= 0.6 is 8.25 Å². The fourth-order valence-corrected chi connectivity index (χ4v) is 6.99. The van der Waals surface area contributed by atoms with Crippen LogP contribution < -0.4 is 32.3 Å². The van der Waals surface area contributed by atoms with Crippen LogP contribution in [0.3, 0.4) is 0 Å². The fourth-order valence-electron chi connectivity index (χ4n) is 6.75. The summed E-state index contributed by atoms with van der Waals surface area (Å²) < 4.78 is 16.9. The highest BCUT2D eigenvalue weighted by molar-refractivity contribution is 7.32. The van der Waals surface area contributed by atoms with E-state index in [1.807, 2.05) is 35.1 Å². The maximum absolute atomic E-state index is 12.9. The standard InChI is InChI=1S/C35H55N12O5P/c36-30(34(49)39-19-23-52-53(50)51)12-13-32(48)46-21-14-27(15-22-46)41-33-29-10-4-5-11-31(29)42-35(43-33)40-24-28-25-47(45-44-28)20-7-17-37-16-6-18-38-26-8-2-1-3-9-26/h4-5,10-11,25-27,30,37-38H,1-3,6-9,12-24,36H2,(H3-,39,40,41,42,43,49,50,51)/p+1/t30-/m0/s1. The van der Waals surface area contributed by atoms with Gasteiger partial charge in [0.05, 0.1) is 24.3 Å². The number of carbonyl (C=O) groups excluding carboxylic acids is 2. The minimum Gasteiger partial charge on any atom is -0.367 e. The third-order valence-corrected chi connectivity index (χ3v) is 10.1. The minimum absolute atomic E-state index is 0.0483. The lowest BCUT2D eigenvalue weighted by atomic mass is 9.95. The molecule has 1 aliphatic carbocycles. The average Bonchev–Trinajstić information content (AvgIpc) is 3.63. The second kappa shape index (κ2) is 21.7. The lowest BCUT2D eigenvalue weighted by Gasteiger charge is -2.33. The summed E-state index contributed by atoms with van der Waals surface area (Å²) in [6.07, 6.45) is 12.7. The highest BCUT2D eigenvalue weighted by atomic mass is 31.1. The Hall–Kier alpha value is -3.86. The van der Waals surface area contributed by atoms with Crippen LogP contribution in [-0.4, -0.2) is 111 Å². The number of benzene rings is 1. The molecule has 2 aromatic heterocycles. The molecule has 18 heteroatoms. The summed E-state index contributed by atoms with van der Waals surface area (Å²) in [6, 6.07) is 7.85. The number of rotatable bonds is 22. The first kappa shape index (κ1) is 40.3. The van der Waals surface area contributed by atoms with Crippen molar-refractivity contribution in [3.63, 3.8) is 0 Å². The molecule has 8 N–H and O–H groups in total. The molecule has 5 rings (SSSR count). The van der Waals surface area contributed by atoms with E-state index in [2.05, 4.69) is 41.4 Å². The van der Waals surface area contributed by atoms with E-state index in [1.54, 1.807) is 4.90 Å². The van der Waals surface area contributed by atoms with Gasteiger partial charge in [-0.05, 0) is 76.7 Å². The quantitative estimate of drug-likeness (QED) is 0.0578. The molecule has 3 heterocycles. The number of amides is 2. The molecule has 17 nitrogen and oxygen atoms in total. The lowest BCUT2D eigenvalue weighted by Crippen LogP contribution is -2.44. The van der Waals surface area contributed by atoms with Crippen LogP contribution in [0, 0.1) is 0 Å². The molecule has 53 heavy (non-hydrogen) atoms. The van der Waals surface area contributed by atoms with E-state index in [9.17, 15) is 14.2 Å². The third-order valence-electron chi connectivity index (χ3n) is 9.72. The predicted molar refractivity (Wildman–Crippen MR) is 203 cm³/mol. The average molecular weight is 756 g/mol. The Balaban J connectivity index is 1.01. The summed E-state index contributed by atoms with van der Waals surface area (Å²) in [6.45, 7) is 5.39. The van der Waals surface area contributed by atoms with Gasteiger partial charge >= 0.3 is 8.25 Å². The SMILES string of the molecule is N[C@@H](CCC(=O)N1CCC(Nc2nc(NCc3cn(CCCNCCCNC4CCCCC4)nn3)nc3ccccc23)CC1)C(=O)NCCO[P+](=O)O. The Morgan fingerprint density at radius 3 is 2.60 bits per heavy atom. The second-order valence-electron chi connectivity index (χ2n) is 13.8. The number of hydrogen-bond donors (Lipinski definition) is 7. The van der Waals surface area contributed by atoms with Crippen molar-refractivity contribution in [1.29, 1.82) is 0 Å². The molecule has 2 atom stereocenters. The van der Waals surface area contributed by atoms with Gasteiger partial charge in [0.15, 0.2) is 0 Å².